The summed E-state index contributed by atoms with van der Waals surface area (Å²) in [6.07, 6.45) is 5.39. The standard InChI is InChI=1S/C17H32Cl2/c1-13(2)9-10-14(16(6,7)18)11-12-17(8,19)15(3,4)5/h9,14H,10-12H2,1-8H3. The number of rotatable bonds is 6. The highest BCUT2D eigenvalue weighted by atomic mass is 35.5. The molecule has 2 heteroatoms. The second-order valence-electron chi connectivity index (χ2n) is 7.76. The normalized spacial score (nSPS) is 17.8. The predicted octanol–water partition coefficient (Wildman–Crippen LogP) is 6.80. The third-order valence-electron chi connectivity index (χ3n) is 4.31. The third-order valence-corrected chi connectivity index (χ3v) is 5.37. The molecule has 0 saturated heterocycles. The Balaban J connectivity index is 4.74. The summed E-state index contributed by atoms with van der Waals surface area (Å²) < 4.78 is 0. The summed E-state index contributed by atoms with van der Waals surface area (Å²) >= 11 is 13.3. The van der Waals surface area contributed by atoms with E-state index in [1.807, 2.05) is 0 Å². The molecule has 0 nitrogen and oxygen atoms in total. The van der Waals surface area contributed by atoms with Crippen LogP contribution in [-0.4, -0.2) is 9.75 Å². The molecule has 0 aromatic carbocycles. The van der Waals surface area contributed by atoms with E-state index >= 15 is 0 Å². The van der Waals surface area contributed by atoms with Gasteiger partial charge in [0.2, 0.25) is 0 Å². The Morgan fingerprint density at radius 2 is 1.47 bits per heavy atom. The molecular formula is C17H32Cl2. The number of hydrogen-bond donors (Lipinski definition) is 0. The lowest BCUT2D eigenvalue weighted by Crippen LogP contribution is -2.36. The maximum absolute atomic E-state index is 6.71. The van der Waals surface area contributed by atoms with Crippen LogP contribution in [0.25, 0.3) is 0 Å². The van der Waals surface area contributed by atoms with Gasteiger partial charge in [-0.25, -0.2) is 0 Å². The number of allylic oxidation sites excluding steroid dienone is 2. The van der Waals surface area contributed by atoms with Crippen molar-refractivity contribution >= 4 is 23.2 Å². The van der Waals surface area contributed by atoms with Crippen molar-refractivity contribution in [2.24, 2.45) is 11.3 Å². The minimum absolute atomic E-state index is 0.103. The molecule has 0 aromatic rings. The summed E-state index contributed by atoms with van der Waals surface area (Å²) in [4.78, 5) is -0.366. The molecule has 19 heavy (non-hydrogen) atoms. The van der Waals surface area contributed by atoms with Crippen molar-refractivity contribution in [1.82, 2.24) is 0 Å². The Kier molecular flexibility index (Phi) is 6.97. The van der Waals surface area contributed by atoms with Gasteiger partial charge in [0.15, 0.2) is 0 Å². The van der Waals surface area contributed by atoms with Crippen molar-refractivity contribution in [1.29, 1.82) is 0 Å². The summed E-state index contributed by atoms with van der Waals surface area (Å²) in [5.41, 5.74) is 1.46. The summed E-state index contributed by atoms with van der Waals surface area (Å²) in [5.74, 6) is 0.462. The minimum atomic E-state index is -0.184. The molecule has 0 amide bonds. The average Bonchev–Trinajstić information content (AvgIpc) is 2.12. The molecule has 0 spiro atoms. The van der Waals surface area contributed by atoms with Crippen molar-refractivity contribution in [3.05, 3.63) is 11.6 Å². The van der Waals surface area contributed by atoms with Crippen LogP contribution in [0.2, 0.25) is 0 Å². The van der Waals surface area contributed by atoms with Crippen LogP contribution in [0.4, 0.5) is 0 Å². The molecule has 0 rings (SSSR count). The molecular weight excluding hydrogens is 275 g/mol. The molecule has 0 aliphatic heterocycles. The molecule has 2 atom stereocenters. The smallest absolute Gasteiger partial charge is 0.0467 e. The molecule has 0 heterocycles. The van der Waals surface area contributed by atoms with Crippen molar-refractivity contribution < 1.29 is 0 Å². The van der Waals surface area contributed by atoms with Gasteiger partial charge in [0.05, 0.1) is 0 Å². The van der Waals surface area contributed by atoms with Crippen molar-refractivity contribution in [2.75, 3.05) is 0 Å². The second-order valence-corrected chi connectivity index (χ2v) is 9.57. The van der Waals surface area contributed by atoms with Crippen LogP contribution >= 0.6 is 23.2 Å². The van der Waals surface area contributed by atoms with E-state index in [2.05, 4.69) is 61.5 Å². The van der Waals surface area contributed by atoms with Crippen LogP contribution in [0.15, 0.2) is 11.6 Å². The summed E-state index contributed by atoms with van der Waals surface area (Å²) in [6.45, 7) is 17.3. The van der Waals surface area contributed by atoms with E-state index in [9.17, 15) is 0 Å². The largest absolute Gasteiger partial charge is 0.120 e. The zero-order chi connectivity index (χ0) is 15.5. The fourth-order valence-electron chi connectivity index (χ4n) is 1.94. The molecule has 114 valence electrons. The van der Waals surface area contributed by atoms with Crippen LogP contribution < -0.4 is 0 Å². The molecule has 0 N–H and O–H groups in total. The summed E-state index contributed by atoms with van der Waals surface area (Å²) in [5, 5.41) is 0. The van der Waals surface area contributed by atoms with Crippen molar-refractivity contribution in [2.45, 2.75) is 84.4 Å². The maximum atomic E-state index is 6.71. The highest BCUT2D eigenvalue weighted by molar-refractivity contribution is 6.24. The highest BCUT2D eigenvalue weighted by Gasteiger charge is 2.37. The van der Waals surface area contributed by atoms with Crippen LogP contribution in [-0.2, 0) is 0 Å². The lowest BCUT2D eigenvalue weighted by Gasteiger charge is -2.38. The van der Waals surface area contributed by atoms with Gasteiger partial charge in [-0.15, -0.1) is 23.2 Å². The van der Waals surface area contributed by atoms with Crippen LogP contribution in [0.5, 0.6) is 0 Å². The van der Waals surface area contributed by atoms with Gasteiger partial charge in [0.1, 0.15) is 0 Å². The van der Waals surface area contributed by atoms with Crippen molar-refractivity contribution in [3.63, 3.8) is 0 Å². The van der Waals surface area contributed by atoms with Gasteiger partial charge in [-0.2, -0.15) is 0 Å². The molecule has 0 fully saturated rings. The second kappa shape index (κ2) is 6.85. The van der Waals surface area contributed by atoms with Crippen LogP contribution in [0.1, 0.15) is 74.7 Å². The Bertz CT molecular complexity index is 296. The van der Waals surface area contributed by atoms with Crippen LogP contribution in [0.3, 0.4) is 0 Å². The monoisotopic (exact) mass is 306 g/mol. The van der Waals surface area contributed by atoms with Gasteiger partial charge < -0.3 is 0 Å². The molecule has 0 radical (unpaired) electrons. The van der Waals surface area contributed by atoms with E-state index in [0.717, 1.165) is 19.3 Å². The summed E-state index contributed by atoms with van der Waals surface area (Å²) in [6, 6.07) is 0. The van der Waals surface area contributed by atoms with Gasteiger partial charge >= 0.3 is 0 Å². The molecule has 0 aliphatic rings. The first-order chi connectivity index (χ1) is 8.27. The third kappa shape index (κ3) is 7.04. The first-order valence-corrected chi connectivity index (χ1v) is 8.04. The Morgan fingerprint density at radius 1 is 1.00 bits per heavy atom. The number of hydrogen-bond acceptors (Lipinski definition) is 0. The van der Waals surface area contributed by atoms with E-state index in [1.165, 1.54) is 5.57 Å². The molecule has 0 aliphatic carbocycles. The topological polar surface area (TPSA) is 0 Å². The SMILES string of the molecule is CC(C)=CCC(CCC(C)(Cl)C(C)(C)C)C(C)(C)Cl. The fourth-order valence-corrected chi connectivity index (χ4v) is 2.25. The first-order valence-electron chi connectivity index (χ1n) is 7.28. The van der Waals surface area contributed by atoms with Crippen LogP contribution in [0, 0.1) is 11.3 Å². The first kappa shape index (κ1) is 19.3. The number of alkyl halides is 2. The predicted molar refractivity (Wildman–Crippen MR) is 90.4 cm³/mol. The lowest BCUT2D eigenvalue weighted by atomic mass is 9.75. The zero-order valence-electron chi connectivity index (χ0n) is 14.0. The zero-order valence-corrected chi connectivity index (χ0v) is 15.5. The van der Waals surface area contributed by atoms with E-state index in [-0.39, 0.29) is 15.2 Å². The average molecular weight is 307 g/mol. The summed E-state index contributed by atoms with van der Waals surface area (Å²) in [7, 11) is 0. The van der Waals surface area contributed by atoms with Crippen molar-refractivity contribution in [3.8, 4) is 0 Å². The molecule has 2 unspecified atom stereocenters. The lowest BCUT2D eigenvalue weighted by molar-refractivity contribution is 0.248. The van der Waals surface area contributed by atoms with E-state index in [1.54, 1.807) is 0 Å². The minimum Gasteiger partial charge on any atom is -0.120 e. The quantitative estimate of drug-likeness (QED) is 0.374. The van der Waals surface area contributed by atoms with Gasteiger partial charge in [-0.05, 0) is 65.2 Å². The van der Waals surface area contributed by atoms with Gasteiger partial charge in [-0.1, -0.05) is 32.4 Å². The molecule has 0 aromatic heterocycles. The van der Waals surface area contributed by atoms with E-state index in [0.29, 0.717) is 5.92 Å². The van der Waals surface area contributed by atoms with Gasteiger partial charge in [-0.3, -0.25) is 0 Å². The molecule has 0 bridgehead atoms. The Labute approximate surface area is 130 Å². The maximum Gasteiger partial charge on any atom is 0.0467 e. The Hall–Kier alpha value is 0.320. The van der Waals surface area contributed by atoms with Gasteiger partial charge in [0, 0.05) is 9.75 Å². The number of halogens is 2. The van der Waals surface area contributed by atoms with Gasteiger partial charge in [0.25, 0.3) is 0 Å². The van der Waals surface area contributed by atoms with E-state index in [4.69, 9.17) is 23.2 Å². The molecule has 0 saturated carbocycles. The van der Waals surface area contributed by atoms with E-state index < -0.39 is 0 Å². The Morgan fingerprint density at radius 3 is 1.79 bits per heavy atom. The fraction of sp³-hybridized carbons (Fsp3) is 0.882. The highest BCUT2D eigenvalue weighted by Crippen LogP contribution is 2.42.